The molecule has 10 nitrogen and oxygen atoms in total. The van der Waals surface area contributed by atoms with Gasteiger partial charge in [0.1, 0.15) is 0 Å². The zero-order valence-corrected chi connectivity index (χ0v) is 20.3. The summed E-state index contributed by atoms with van der Waals surface area (Å²) in [4.78, 5) is 51.8. The van der Waals surface area contributed by atoms with Gasteiger partial charge >= 0.3 is 0 Å². The van der Waals surface area contributed by atoms with Crippen molar-refractivity contribution in [3.8, 4) is 0 Å². The Bertz CT molecular complexity index is 993. The number of nitrogens with two attached hydrogens (primary N) is 2. The fourth-order valence-corrected chi connectivity index (χ4v) is 4.63. The first-order chi connectivity index (χ1) is 17.5. The summed E-state index contributed by atoms with van der Waals surface area (Å²) in [5, 5.41) is 5.95. The van der Waals surface area contributed by atoms with Crippen molar-refractivity contribution in [2.75, 3.05) is 39.3 Å². The van der Waals surface area contributed by atoms with Crippen LogP contribution in [0.4, 0.5) is 0 Å². The van der Waals surface area contributed by atoms with Crippen molar-refractivity contribution in [2.45, 2.75) is 25.7 Å². The van der Waals surface area contributed by atoms with E-state index in [0.29, 0.717) is 87.2 Å². The predicted molar refractivity (Wildman–Crippen MR) is 134 cm³/mol. The molecule has 0 fully saturated rings. The molecule has 2 aliphatic heterocycles. The molecule has 0 bridgehead atoms. The Morgan fingerprint density at radius 1 is 0.500 bits per heavy atom. The zero-order chi connectivity index (χ0) is 25.7. The summed E-state index contributed by atoms with van der Waals surface area (Å²) in [6.07, 6.45) is 2.54. The largest absolute Gasteiger partial charge is 0.330 e. The number of amides is 4. The van der Waals surface area contributed by atoms with Crippen LogP contribution >= 0.6 is 0 Å². The number of benzene rings is 2. The van der Waals surface area contributed by atoms with Crippen LogP contribution in [0.25, 0.3) is 0 Å². The van der Waals surface area contributed by atoms with E-state index in [1.807, 2.05) is 0 Å². The summed E-state index contributed by atoms with van der Waals surface area (Å²) in [6, 6.07) is 13.6. The van der Waals surface area contributed by atoms with Gasteiger partial charge in [-0.15, -0.1) is 0 Å². The Hall–Kier alpha value is -3.44. The van der Waals surface area contributed by atoms with E-state index in [1.54, 1.807) is 58.5 Å². The van der Waals surface area contributed by atoms with Crippen molar-refractivity contribution in [3.63, 3.8) is 0 Å². The first kappa shape index (κ1) is 25.6. The van der Waals surface area contributed by atoms with Crippen molar-refractivity contribution >= 4 is 23.6 Å². The van der Waals surface area contributed by atoms with Crippen LogP contribution in [-0.2, 0) is 0 Å². The molecule has 36 heavy (non-hydrogen) atoms. The summed E-state index contributed by atoms with van der Waals surface area (Å²) in [6.45, 7) is 2.73. The topological polar surface area (TPSA) is 133 Å². The summed E-state index contributed by atoms with van der Waals surface area (Å²) < 4.78 is 0. The molecule has 2 heterocycles. The lowest BCUT2D eigenvalue weighted by Crippen LogP contribution is -2.49. The van der Waals surface area contributed by atoms with Crippen LogP contribution in [0.1, 0.15) is 67.1 Å². The number of rotatable bonds is 13. The molecule has 2 aromatic rings. The van der Waals surface area contributed by atoms with E-state index in [9.17, 15) is 19.2 Å². The van der Waals surface area contributed by atoms with Gasteiger partial charge in [-0.25, -0.2) is 20.0 Å². The Balaban J connectivity index is 1.40. The summed E-state index contributed by atoms with van der Waals surface area (Å²) in [7, 11) is 0. The van der Waals surface area contributed by atoms with Gasteiger partial charge in [-0.2, -0.15) is 0 Å². The summed E-state index contributed by atoms with van der Waals surface area (Å²) in [5.41, 5.74) is 13.0. The molecular weight excluding hydrogens is 460 g/mol. The smallest absolute Gasteiger partial charge is 0.276 e. The first-order valence-electron chi connectivity index (χ1n) is 12.3. The quantitative estimate of drug-likeness (QED) is 0.317. The van der Waals surface area contributed by atoms with Crippen LogP contribution in [0.15, 0.2) is 48.5 Å². The molecule has 4 N–H and O–H groups in total. The van der Waals surface area contributed by atoms with E-state index in [-0.39, 0.29) is 23.6 Å². The van der Waals surface area contributed by atoms with Gasteiger partial charge in [0.2, 0.25) is 0 Å². The van der Waals surface area contributed by atoms with E-state index in [1.165, 1.54) is 10.0 Å². The number of nitrogens with zero attached hydrogens (tertiary/aromatic N) is 4. The fraction of sp³-hybridized carbons (Fsp3) is 0.385. The second kappa shape index (κ2) is 11.5. The van der Waals surface area contributed by atoms with E-state index in [0.717, 1.165) is 0 Å². The van der Waals surface area contributed by atoms with Gasteiger partial charge in [-0.3, -0.25) is 19.2 Å². The maximum atomic E-state index is 13.0. The van der Waals surface area contributed by atoms with Crippen LogP contribution in [0.3, 0.4) is 0 Å². The lowest BCUT2D eigenvalue weighted by molar-refractivity contribution is -0.00706. The first-order valence-corrected chi connectivity index (χ1v) is 12.3. The molecule has 0 saturated carbocycles. The molecule has 0 atom stereocenters. The van der Waals surface area contributed by atoms with Gasteiger partial charge in [0.25, 0.3) is 23.6 Å². The number of hydrazine groups is 2. The van der Waals surface area contributed by atoms with E-state index in [2.05, 4.69) is 0 Å². The van der Waals surface area contributed by atoms with Gasteiger partial charge in [-0.05, 0) is 63.0 Å². The van der Waals surface area contributed by atoms with Crippen LogP contribution in [-0.4, -0.2) is 82.9 Å². The van der Waals surface area contributed by atoms with E-state index in [4.69, 9.17) is 11.5 Å². The van der Waals surface area contributed by atoms with Crippen molar-refractivity contribution in [2.24, 2.45) is 11.5 Å². The summed E-state index contributed by atoms with van der Waals surface area (Å²) >= 11 is 0. The monoisotopic (exact) mass is 492 g/mol. The normalized spacial score (nSPS) is 15.0. The van der Waals surface area contributed by atoms with E-state index >= 15 is 0 Å². The Morgan fingerprint density at radius 2 is 0.778 bits per heavy atom. The molecule has 0 aliphatic carbocycles. The standard InChI is InChI=1S/C26H32N6O4/c27-13-7-17-29(31-23(33)19-9-1-2-10-20(19)24(31)34)15-5-6-16-30(18-8-14-28)32-25(35)21-11-3-4-12-22(21)26(32)36/h1-4,9-12H,5-8,13-18,27-28H2. The molecular formula is C26H32N6O4. The molecule has 2 aromatic carbocycles. The van der Waals surface area contributed by atoms with Crippen molar-refractivity contribution in [1.29, 1.82) is 0 Å². The highest BCUT2D eigenvalue weighted by Gasteiger charge is 2.40. The van der Waals surface area contributed by atoms with E-state index < -0.39 is 0 Å². The Kier molecular flexibility index (Phi) is 8.21. The molecule has 10 heteroatoms. The molecule has 4 rings (SSSR count). The molecule has 190 valence electrons. The fourth-order valence-electron chi connectivity index (χ4n) is 4.63. The average molecular weight is 493 g/mol. The van der Waals surface area contributed by atoms with Gasteiger partial charge in [0.05, 0.1) is 22.3 Å². The third kappa shape index (κ3) is 4.93. The number of carbonyl (C=O) groups is 4. The minimum Gasteiger partial charge on any atom is -0.330 e. The highest BCUT2D eigenvalue weighted by atomic mass is 16.2. The van der Waals surface area contributed by atoms with Crippen molar-refractivity contribution in [1.82, 2.24) is 20.0 Å². The van der Waals surface area contributed by atoms with Crippen molar-refractivity contribution in [3.05, 3.63) is 70.8 Å². The molecule has 0 unspecified atom stereocenters. The third-order valence-electron chi connectivity index (χ3n) is 6.43. The summed E-state index contributed by atoms with van der Waals surface area (Å²) in [5.74, 6) is -1.32. The number of fused-ring (bicyclic) bond motifs is 2. The van der Waals surface area contributed by atoms with Crippen LogP contribution < -0.4 is 11.5 Å². The van der Waals surface area contributed by atoms with Gasteiger partial charge < -0.3 is 11.5 Å². The molecule has 0 radical (unpaired) electrons. The number of unbranched alkanes of at least 4 members (excludes halogenated alkanes) is 1. The zero-order valence-electron chi connectivity index (χ0n) is 20.3. The highest BCUT2D eigenvalue weighted by molar-refractivity contribution is 6.21. The SMILES string of the molecule is NCCCN(CCCCN(CCCN)N1C(=O)c2ccccc2C1=O)N1C(=O)c2ccccc2C1=O. The van der Waals surface area contributed by atoms with Crippen LogP contribution in [0.5, 0.6) is 0 Å². The molecule has 0 aromatic heterocycles. The van der Waals surface area contributed by atoms with Gasteiger partial charge in [-0.1, -0.05) is 24.3 Å². The maximum absolute atomic E-state index is 13.0. The second-order valence-electron chi connectivity index (χ2n) is 8.83. The Morgan fingerprint density at radius 3 is 1.06 bits per heavy atom. The van der Waals surface area contributed by atoms with Crippen LogP contribution in [0.2, 0.25) is 0 Å². The van der Waals surface area contributed by atoms with Gasteiger partial charge in [0, 0.05) is 26.2 Å². The minimum atomic E-state index is -0.330. The number of imide groups is 2. The molecule has 0 spiro atoms. The number of carbonyl (C=O) groups excluding carboxylic acids is 4. The molecule has 4 amide bonds. The van der Waals surface area contributed by atoms with Gasteiger partial charge in [0.15, 0.2) is 0 Å². The van der Waals surface area contributed by atoms with Crippen LogP contribution in [0, 0.1) is 0 Å². The third-order valence-corrected chi connectivity index (χ3v) is 6.43. The molecule has 2 aliphatic rings. The average Bonchev–Trinajstić information content (AvgIpc) is 3.30. The number of hydrogen-bond donors (Lipinski definition) is 2. The predicted octanol–water partition coefficient (Wildman–Crippen LogP) is 1.49. The lowest BCUT2D eigenvalue weighted by Gasteiger charge is -2.32. The minimum absolute atomic E-state index is 0.330. The maximum Gasteiger partial charge on any atom is 0.276 e. The van der Waals surface area contributed by atoms with Crippen molar-refractivity contribution < 1.29 is 19.2 Å². The number of hydrogen-bond acceptors (Lipinski definition) is 8. The molecule has 0 saturated heterocycles. The second-order valence-corrected chi connectivity index (χ2v) is 8.83. The lowest BCUT2D eigenvalue weighted by atomic mass is 10.1. The Labute approximate surface area is 210 Å². The highest BCUT2D eigenvalue weighted by Crippen LogP contribution is 2.26.